The highest BCUT2D eigenvalue weighted by Crippen LogP contribution is 2.00. The summed E-state index contributed by atoms with van der Waals surface area (Å²) in [6.07, 6.45) is 3.32. The van der Waals surface area contributed by atoms with Crippen molar-refractivity contribution in [3.05, 3.63) is 0 Å². The normalized spacial score (nSPS) is 11.8. The van der Waals surface area contributed by atoms with Gasteiger partial charge >= 0.3 is 0 Å². The fraction of sp³-hybridized carbons (Fsp3) is 0.923. The number of rotatable bonds is 9. The van der Waals surface area contributed by atoms with Gasteiger partial charge in [-0.05, 0) is 33.6 Å². The first-order valence-electron chi connectivity index (χ1n) is 6.30. The second kappa shape index (κ2) is 8.71. The van der Waals surface area contributed by atoms with Crippen LogP contribution in [0.3, 0.4) is 0 Å². The summed E-state index contributed by atoms with van der Waals surface area (Å²) in [6, 6.07) is 0. The van der Waals surface area contributed by atoms with E-state index in [1.54, 1.807) is 0 Å². The zero-order chi connectivity index (χ0) is 12.4. The molecule has 96 valence electrons. The van der Waals surface area contributed by atoms with Crippen LogP contribution in [0.15, 0.2) is 0 Å². The van der Waals surface area contributed by atoms with Crippen LogP contribution in [0.4, 0.5) is 0 Å². The Balaban J connectivity index is 3.13. The van der Waals surface area contributed by atoms with Crippen molar-refractivity contribution in [2.75, 3.05) is 19.8 Å². The molecule has 0 atom stereocenters. The Kier molecular flexibility index (Phi) is 8.49. The number of Topliss-reactive ketones (excluding diaryl/α,β-unsaturated/α-hetero) is 1. The molecule has 0 aromatic carbocycles. The Labute approximate surface area is 99.9 Å². The van der Waals surface area contributed by atoms with Crippen molar-refractivity contribution < 1.29 is 9.53 Å². The van der Waals surface area contributed by atoms with Crippen LogP contribution in [0.25, 0.3) is 0 Å². The summed E-state index contributed by atoms with van der Waals surface area (Å²) >= 11 is 0. The topological polar surface area (TPSA) is 38.3 Å². The molecule has 3 nitrogen and oxygen atoms in total. The molecule has 16 heavy (non-hydrogen) atoms. The van der Waals surface area contributed by atoms with Crippen LogP contribution in [0.2, 0.25) is 0 Å². The lowest BCUT2D eigenvalue weighted by Crippen LogP contribution is -2.38. The first kappa shape index (κ1) is 15.6. The fourth-order valence-electron chi connectivity index (χ4n) is 1.30. The minimum atomic E-state index is 0.164. The zero-order valence-corrected chi connectivity index (χ0v) is 11.3. The first-order chi connectivity index (χ1) is 7.45. The zero-order valence-electron chi connectivity index (χ0n) is 11.3. The molecule has 0 bridgehead atoms. The second-order valence-corrected chi connectivity index (χ2v) is 5.14. The van der Waals surface area contributed by atoms with E-state index in [1.807, 2.05) is 6.92 Å². The molecule has 0 radical (unpaired) electrons. The lowest BCUT2D eigenvalue weighted by atomic mass is 10.1. The molecule has 0 aliphatic carbocycles. The van der Waals surface area contributed by atoms with E-state index in [1.165, 1.54) is 0 Å². The van der Waals surface area contributed by atoms with Crippen LogP contribution >= 0.6 is 0 Å². The standard InChI is InChI=1S/C13H27NO2/c1-5-12(15)8-6-7-10-16-11-9-14-13(2,3)4/h14H,5-11H2,1-4H3. The van der Waals surface area contributed by atoms with Gasteiger partial charge in [-0.2, -0.15) is 0 Å². The van der Waals surface area contributed by atoms with Crippen molar-refractivity contribution in [3.63, 3.8) is 0 Å². The van der Waals surface area contributed by atoms with E-state index in [2.05, 4.69) is 26.1 Å². The minimum Gasteiger partial charge on any atom is -0.380 e. The molecule has 0 spiro atoms. The molecule has 0 aliphatic heterocycles. The largest absolute Gasteiger partial charge is 0.380 e. The van der Waals surface area contributed by atoms with E-state index in [9.17, 15) is 4.79 Å². The minimum absolute atomic E-state index is 0.164. The van der Waals surface area contributed by atoms with E-state index in [0.29, 0.717) is 18.6 Å². The number of ether oxygens (including phenoxy) is 1. The molecule has 0 saturated carbocycles. The molecule has 0 aromatic heterocycles. The number of ketones is 1. The van der Waals surface area contributed by atoms with E-state index in [4.69, 9.17) is 4.74 Å². The molecule has 0 saturated heterocycles. The predicted octanol–water partition coefficient (Wildman–Crippen LogP) is 2.54. The highest BCUT2D eigenvalue weighted by molar-refractivity contribution is 5.77. The van der Waals surface area contributed by atoms with Gasteiger partial charge in [0.1, 0.15) is 5.78 Å². The maximum absolute atomic E-state index is 11.0. The second-order valence-electron chi connectivity index (χ2n) is 5.14. The molecule has 0 amide bonds. The number of hydrogen-bond donors (Lipinski definition) is 1. The van der Waals surface area contributed by atoms with E-state index >= 15 is 0 Å². The number of hydrogen-bond acceptors (Lipinski definition) is 3. The van der Waals surface area contributed by atoms with Gasteiger partial charge < -0.3 is 10.1 Å². The fourth-order valence-corrected chi connectivity index (χ4v) is 1.30. The highest BCUT2D eigenvalue weighted by atomic mass is 16.5. The van der Waals surface area contributed by atoms with Crippen molar-refractivity contribution in [2.24, 2.45) is 0 Å². The van der Waals surface area contributed by atoms with Gasteiger partial charge in [-0.1, -0.05) is 6.92 Å². The van der Waals surface area contributed by atoms with Crippen molar-refractivity contribution in [2.45, 2.75) is 58.9 Å². The Morgan fingerprint density at radius 1 is 1.19 bits per heavy atom. The molecule has 3 heteroatoms. The van der Waals surface area contributed by atoms with Crippen molar-refractivity contribution in [1.29, 1.82) is 0 Å². The third-order valence-corrected chi connectivity index (χ3v) is 2.29. The molecule has 1 N–H and O–H groups in total. The molecule has 0 unspecified atom stereocenters. The molecule has 0 heterocycles. The van der Waals surface area contributed by atoms with Gasteiger partial charge in [-0.3, -0.25) is 4.79 Å². The van der Waals surface area contributed by atoms with Gasteiger partial charge in [-0.15, -0.1) is 0 Å². The monoisotopic (exact) mass is 229 g/mol. The third kappa shape index (κ3) is 11.7. The maximum Gasteiger partial charge on any atom is 0.132 e. The predicted molar refractivity (Wildman–Crippen MR) is 67.7 cm³/mol. The number of carbonyl (C=O) groups excluding carboxylic acids is 1. The average Bonchev–Trinajstić information content (AvgIpc) is 2.20. The van der Waals surface area contributed by atoms with Crippen LogP contribution < -0.4 is 5.32 Å². The van der Waals surface area contributed by atoms with Crippen LogP contribution in [0, 0.1) is 0 Å². The Bertz CT molecular complexity index is 185. The number of unbranched alkanes of at least 4 members (excludes halogenated alkanes) is 1. The van der Waals surface area contributed by atoms with Crippen LogP contribution in [0.5, 0.6) is 0 Å². The van der Waals surface area contributed by atoms with Crippen LogP contribution in [-0.4, -0.2) is 31.1 Å². The maximum atomic E-state index is 11.0. The molecule has 0 aromatic rings. The van der Waals surface area contributed by atoms with Crippen LogP contribution in [0.1, 0.15) is 53.4 Å². The van der Waals surface area contributed by atoms with Gasteiger partial charge in [0.25, 0.3) is 0 Å². The van der Waals surface area contributed by atoms with Gasteiger partial charge in [0.2, 0.25) is 0 Å². The Morgan fingerprint density at radius 2 is 1.88 bits per heavy atom. The summed E-state index contributed by atoms with van der Waals surface area (Å²) in [6.45, 7) is 10.7. The lowest BCUT2D eigenvalue weighted by molar-refractivity contribution is -0.118. The smallest absolute Gasteiger partial charge is 0.132 e. The quantitative estimate of drug-likeness (QED) is 0.617. The van der Waals surface area contributed by atoms with E-state index in [0.717, 1.165) is 32.6 Å². The van der Waals surface area contributed by atoms with Gasteiger partial charge in [0.05, 0.1) is 6.61 Å². The Hall–Kier alpha value is -0.410. The van der Waals surface area contributed by atoms with Crippen molar-refractivity contribution in [3.8, 4) is 0 Å². The summed E-state index contributed by atoms with van der Waals surface area (Å²) in [5.41, 5.74) is 0.164. The van der Waals surface area contributed by atoms with E-state index < -0.39 is 0 Å². The summed E-state index contributed by atoms with van der Waals surface area (Å²) < 4.78 is 5.47. The molecule has 0 rings (SSSR count). The number of nitrogens with one attached hydrogen (secondary N) is 1. The summed E-state index contributed by atoms with van der Waals surface area (Å²) in [4.78, 5) is 11.0. The molecule has 0 fully saturated rings. The molecular weight excluding hydrogens is 202 g/mol. The first-order valence-corrected chi connectivity index (χ1v) is 6.30. The summed E-state index contributed by atoms with van der Waals surface area (Å²) in [5, 5.41) is 3.36. The molecule has 0 aliphatic rings. The van der Waals surface area contributed by atoms with Crippen LogP contribution in [-0.2, 0) is 9.53 Å². The van der Waals surface area contributed by atoms with E-state index in [-0.39, 0.29) is 5.54 Å². The summed E-state index contributed by atoms with van der Waals surface area (Å²) in [5.74, 6) is 0.356. The SMILES string of the molecule is CCC(=O)CCCCOCCNC(C)(C)C. The van der Waals surface area contributed by atoms with Gasteiger partial charge in [0.15, 0.2) is 0 Å². The average molecular weight is 229 g/mol. The van der Waals surface area contributed by atoms with Gasteiger partial charge in [0, 0.05) is 31.5 Å². The Morgan fingerprint density at radius 3 is 2.44 bits per heavy atom. The third-order valence-electron chi connectivity index (χ3n) is 2.29. The highest BCUT2D eigenvalue weighted by Gasteiger charge is 2.06. The molecular formula is C13H27NO2. The van der Waals surface area contributed by atoms with Crippen molar-refractivity contribution in [1.82, 2.24) is 5.32 Å². The van der Waals surface area contributed by atoms with Crippen molar-refractivity contribution >= 4 is 5.78 Å². The summed E-state index contributed by atoms with van der Waals surface area (Å²) in [7, 11) is 0. The van der Waals surface area contributed by atoms with Gasteiger partial charge in [-0.25, -0.2) is 0 Å². The lowest BCUT2D eigenvalue weighted by Gasteiger charge is -2.20. The number of carbonyl (C=O) groups is 1.